The number of rotatable bonds is 6. The van der Waals surface area contributed by atoms with Crippen LogP contribution in [0.15, 0.2) is 72.2 Å². The number of phenols is 3. The highest BCUT2D eigenvalue weighted by molar-refractivity contribution is 5.92. The van der Waals surface area contributed by atoms with E-state index >= 15 is 0 Å². The highest BCUT2D eigenvalue weighted by Gasteiger charge is 2.19. The molecule has 0 aliphatic heterocycles. The topological polar surface area (TPSA) is 83.1 Å². The summed E-state index contributed by atoms with van der Waals surface area (Å²) in [5.41, 5.74) is 3.85. The average Bonchev–Trinajstić information content (AvgIpc) is 3.22. The first-order chi connectivity index (χ1) is 15.9. The molecule has 1 aromatic heterocycles. The van der Waals surface area contributed by atoms with Crippen LogP contribution in [-0.2, 0) is 0 Å². The predicted octanol–water partition coefficient (Wildman–Crippen LogP) is 6.96. The van der Waals surface area contributed by atoms with E-state index in [4.69, 9.17) is 9.15 Å². The van der Waals surface area contributed by atoms with Gasteiger partial charge in [0.1, 0.15) is 23.0 Å². The van der Waals surface area contributed by atoms with Crippen molar-refractivity contribution in [3.05, 3.63) is 90.0 Å². The molecule has 0 atom stereocenters. The Morgan fingerprint density at radius 1 is 0.909 bits per heavy atom. The number of benzene rings is 3. The van der Waals surface area contributed by atoms with Gasteiger partial charge in [0, 0.05) is 22.6 Å². The Morgan fingerprint density at radius 3 is 2.36 bits per heavy atom. The summed E-state index contributed by atoms with van der Waals surface area (Å²) >= 11 is 0. The van der Waals surface area contributed by atoms with Gasteiger partial charge < -0.3 is 24.5 Å². The predicted molar refractivity (Wildman–Crippen MR) is 133 cm³/mol. The van der Waals surface area contributed by atoms with Gasteiger partial charge in [0.05, 0.1) is 12.7 Å². The SMILES string of the molecule is C=Cc1ccc(O)c(C(=C)c2cc(-c3cc4cc(/C=C/C)cc(OC)c4o3)c(O)cc2O)c1. The van der Waals surface area contributed by atoms with Crippen LogP contribution in [0.2, 0.25) is 0 Å². The monoisotopic (exact) mass is 440 g/mol. The number of ether oxygens (including phenoxy) is 1. The fourth-order valence-corrected chi connectivity index (χ4v) is 3.80. The molecule has 0 spiro atoms. The van der Waals surface area contributed by atoms with Crippen molar-refractivity contribution in [2.45, 2.75) is 6.92 Å². The molecule has 0 aliphatic rings. The van der Waals surface area contributed by atoms with Crippen molar-refractivity contribution in [3.63, 3.8) is 0 Å². The number of phenolic OH excluding ortho intramolecular Hbond substituents is 3. The second-order valence-electron chi connectivity index (χ2n) is 7.60. The summed E-state index contributed by atoms with van der Waals surface area (Å²) < 4.78 is 11.5. The highest BCUT2D eigenvalue weighted by Crippen LogP contribution is 2.43. The van der Waals surface area contributed by atoms with Gasteiger partial charge in [-0.2, -0.15) is 0 Å². The van der Waals surface area contributed by atoms with Gasteiger partial charge in [0.25, 0.3) is 0 Å². The lowest BCUT2D eigenvalue weighted by molar-refractivity contribution is 0.410. The molecule has 4 rings (SSSR count). The van der Waals surface area contributed by atoms with Gasteiger partial charge >= 0.3 is 0 Å². The quantitative estimate of drug-likeness (QED) is 0.302. The van der Waals surface area contributed by atoms with Gasteiger partial charge in [0.15, 0.2) is 11.3 Å². The zero-order valence-corrected chi connectivity index (χ0v) is 18.4. The Labute approximate surface area is 191 Å². The van der Waals surface area contributed by atoms with Gasteiger partial charge in [-0.05, 0) is 60.0 Å². The Kier molecular flexibility index (Phi) is 5.71. The van der Waals surface area contributed by atoms with Gasteiger partial charge in [-0.1, -0.05) is 37.5 Å². The molecule has 0 aliphatic carbocycles. The van der Waals surface area contributed by atoms with Crippen molar-refractivity contribution in [2.24, 2.45) is 0 Å². The van der Waals surface area contributed by atoms with Crippen molar-refractivity contribution in [3.8, 4) is 34.3 Å². The molecular formula is C28H24O5. The lowest BCUT2D eigenvalue weighted by Crippen LogP contribution is -1.91. The van der Waals surface area contributed by atoms with E-state index in [9.17, 15) is 15.3 Å². The summed E-state index contributed by atoms with van der Waals surface area (Å²) in [6.45, 7) is 9.75. The number of methoxy groups -OCH3 is 1. The zero-order chi connectivity index (χ0) is 23.7. The molecule has 3 N–H and O–H groups in total. The minimum atomic E-state index is -0.172. The third-order valence-corrected chi connectivity index (χ3v) is 5.47. The molecule has 0 saturated heterocycles. The van der Waals surface area contributed by atoms with E-state index in [1.807, 2.05) is 31.2 Å². The number of allylic oxidation sites excluding steroid dienone is 1. The van der Waals surface area contributed by atoms with E-state index in [1.54, 1.807) is 43.5 Å². The summed E-state index contributed by atoms with van der Waals surface area (Å²) in [5, 5.41) is 32.3. The van der Waals surface area contributed by atoms with Gasteiger partial charge in [-0.3, -0.25) is 0 Å². The van der Waals surface area contributed by atoms with Crippen molar-refractivity contribution < 1.29 is 24.5 Å². The molecule has 4 aromatic rings. The Morgan fingerprint density at radius 2 is 1.67 bits per heavy atom. The molecule has 0 radical (unpaired) electrons. The van der Waals surface area contributed by atoms with E-state index < -0.39 is 0 Å². The molecular weight excluding hydrogens is 416 g/mol. The molecule has 33 heavy (non-hydrogen) atoms. The van der Waals surface area contributed by atoms with Crippen molar-refractivity contribution in [1.82, 2.24) is 0 Å². The third kappa shape index (κ3) is 3.96. The summed E-state index contributed by atoms with van der Waals surface area (Å²) in [6.07, 6.45) is 5.54. The van der Waals surface area contributed by atoms with Crippen LogP contribution >= 0.6 is 0 Å². The maximum atomic E-state index is 10.6. The smallest absolute Gasteiger partial charge is 0.176 e. The third-order valence-electron chi connectivity index (χ3n) is 5.47. The largest absolute Gasteiger partial charge is 0.507 e. The maximum Gasteiger partial charge on any atom is 0.176 e. The molecule has 0 bridgehead atoms. The van der Waals surface area contributed by atoms with Crippen LogP contribution < -0.4 is 4.74 Å². The Balaban J connectivity index is 1.87. The fraction of sp³-hybridized carbons (Fsp3) is 0.0714. The molecule has 1 heterocycles. The van der Waals surface area contributed by atoms with Crippen molar-refractivity contribution in [1.29, 1.82) is 0 Å². The lowest BCUT2D eigenvalue weighted by Gasteiger charge is -2.13. The Bertz CT molecular complexity index is 1420. The van der Waals surface area contributed by atoms with E-state index in [1.165, 1.54) is 6.07 Å². The molecule has 5 nitrogen and oxygen atoms in total. The minimum Gasteiger partial charge on any atom is -0.507 e. The first kappa shape index (κ1) is 21.8. The summed E-state index contributed by atoms with van der Waals surface area (Å²) in [7, 11) is 1.57. The number of hydrogen-bond acceptors (Lipinski definition) is 5. The standard InChI is InChI=1S/C28H24O5/c1-5-7-18-10-19-13-26(33-28(19)27(12-18)32-4)22-14-21(24(30)15-25(22)31)16(3)20-11-17(6-2)8-9-23(20)29/h5-15,29-31H,2-3H2,1,4H3/b7-5+. The molecule has 0 amide bonds. The van der Waals surface area contributed by atoms with E-state index in [0.29, 0.717) is 39.4 Å². The summed E-state index contributed by atoms with van der Waals surface area (Å²) in [5.74, 6) is 0.663. The molecule has 0 unspecified atom stereocenters. The first-order valence-corrected chi connectivity index (χ1v) is 10.3. The zero-order valence-electron chi connectivity index (χ0n) is 18.4. The average molecular weight is 440 g/mol. The molecule has 5 heteroatoms. The van der Waals surface area contributed by atoms with Crippen molar-refractivity contribution >= 4 is 28.7 Å². The van der Waals surface area contributed by atoms with Crippen LogP contribution in [0, 0.1) is 0 Å². The van der Waals surface area contributed by atoms with Crippen LogP contribution in [0.3, 0.4) is 0 Å². The number of aromatic hydroxyl groups is 3. The second kappa shape index (κ2) is 8.63. The molecule has 3 aromatic carbocycles. The molecule has 166 valence electrons. The first-order valence-electron chi connectivity index (χ1n) is 10.3. The van der Waals surface area contributed by atoms with Crippen molar-refractivity contribution in [2.75, 3.05) is 7.11 Å². The maximum absolute atomic E-state index is 10.6. The second-order valence-corrected chi connectivity index (χ2v) is 7.60. The van der Waals surface area contributed by atoms with E-state index in [-0.39, 0.29) is 17.2 Å². The van der Waals surface area contributed by atoms with E-state index in [2.05, 4.69) is 13.2 Å². The Hall–Kier alpha value is -4.38. The normalized spacial score (nSPS) is 11.2. The van der Waals surface area contributed by atoms with Crippen LogP contribution in [0.4, 0.5) is 0 Å². The van der Waals surface area contributed by atoms with Gasteiger partial charge in [-0.25, -0.2) is 0 Å². The van der Waals surface area contributed by atoms with Crippen LogP contribution in [0.5, 0.6) is 23.0 Å². The minimum absolute atomic E-state index is 0.0182. The molecule has 0 saturated carbocycles. The van der Waals surface area contributed by atoms with E-state index in [0.717, 1.165) is 16.5 Å². The lowest BCUT2D eigenvalue weighted by atomic mass is 9.94. The number of hydrogen-bond donors (Lipinski definition) is 3. The van der Waals surface area contributed by atoms with Gasteiger partial charge in [0.2, 0.25) is 0 Å². The fourth-order valence-electron chi connectivity index (χ4n) is 3.80. The van der Waals surface area contributed by atoms with Gasteiger partial charge in [-0.15, -0.1) is 0 Å². The molecule has 0 fully saturated rings. The number of fused-ring (bicyclic) bond motifs is 1. The van der Waals surface area contributed by atoms with Crippen LogP contribution in [-0.4, -0.2) is 22.4 Å². The highest BCUT2D eigenvalue weighted by atomic mass is 16.5. The van der Waals surface area contributed by atoms with Crippen LogP contribution in [0.25, 0.3) is 40.0 Å². The summed E-state index contributed by atoms with van der Waals surface area (Å²) in [4.78, 5) is 0. The number of furan rings is 1. The van der Waals surface area contributed by atoms with Crippen LogP contribution in [0.1, 0.15) is 29.2 Å². The summed E-state index contributed by atoms with van der Waals surface area (Å²) in [6, 6.07) is 13.5.